The minimum Gasteiger partial charge on any atom is -0.326 e. The molecule has 4 aromatic rings. The zero-order valence-corrected chi connectivity index (χ0v) is 17.0. The molecule has 0 saturated carbocycles. The van der Waals surface area contributed by atoms with Gasteiger partial charge in [0.1, 0.15) is 5.65 Å². The highest BCUT2D eigenvalue weighted by Gasteiger charge is 2.07. The van der Waals surface area contributed by atoms with E-state index in [4.69, 9.17) is 11.6 Å². The number of nitrogens with one attached hydrogen (secondary N) is 1. The molecular formula is C24H22ClN3O. The molecule has 0 aliphatic carbocycles. The van der Waals surface area contributed by atoms with Crippen molar-refractivity contribution in [1.82, 2.24) is 9.38 Å². The summed E-state index contributed by atoms with van der Waals surface area (Å²) in [5.74, 6) is 0.0155. The van der Waals surface area contributed by atoms with Gasteiger partial charge in [-0.2, -0.15) is 0 Å². The van der Waals surface area contributed by atoms with Gasteiger partial charge in [0, 0.05) is 35.1 Å². The first-order valence-electron chi connectivity index (χ1n) is 9.67. The number of benzene rings is 2. The Labute approximate surface area is 175 Å². The van der Waals surface area contributed by atoms with Crippen LogP contribution in [-0.4, -0.2) is 15.3 Å². The fourth-order valence-electron chi connectivity index (χ4n) is 3.33. The van der Waals surface area contributed by atoms with E-state index in [2.05, 4.69) is 23.4 Å². The summed E-state index contributed by atoms with van der Waals surface area (Å²) in [5, 5.41) is 3.72. The Bertz CT molecular complexity index is 1150. The van der Waals surface area contributed by atoms with Gasteiger partial charge in [0.2, 0.25) is 5.91 Å². The molecule has 146 valence electrons. The number of nitrogens with zero attached hydrogens (tertiary/aromatic N) is 2. The van der Waals surface area contributed by atoms with Crippen LogP contribution in [0.15, 0.2) is 73.1 Å². The van der Waals surface area contributed by atoms with Crippen LogP contribution in [0.3, 0.4) is 0 Å². The lowest BCUT2D eigenvalue weighted by molar-refractivity contribution is -0.116. The molecule has 1 N–H and O–H groups in total. The van der Waals surface area contributed by atoms with E-state index in [9.17, 15) is 4.79 Å². The van der Waals surface area contributed by atoms with Crippen molar-refractivity contribution in [2.75, 3.05) is 5.32 Å². The van der Waals surface area contributed by atoms with E-state index in [1.807, 2.05) is 71.3 Å². The average Bonchev–Trinajstić information content (AvgIpc) is 3.13. The summed E-state index contributed by atoms with van der Waals surface area (Å²) in [6.45, 7) is 2.06. The summed E-state index contributed by atoms with van der Waals surface area (Å²) in [5.41, 5.74) is 5.92. The van der Waals surface area contributed by atoms with Crippen molar-refractivity contribution in [3.8, 4) is 11.3 Å². The maximum absolute atomic E-state index is 12.3. The largest absolute Gasteiger partial charge is 0.326 e. The second kappa shape index (κ2) is 8.50. The summed E-state index contributed by atoms with van der Waals surface area (Å²) < 4.78 is 2.02. The van der Waals surface area contributed by atoms with Gasteiger partial charge in [-0.3, -0.25) is 4.79 Å². The standard InChI is InChI=1S/C24H22ClN3O/c1-17-8-13-23-27-22(16-28(23)15-17)19-5-3-6-21(14-19)26-24(29)7-2-4-18-9-11-20(25)12-10-18/h3,5-6,8-16H,2,4,7H2,1H3,(H,26,29). The van der Waals surface area contributed by atoms with Crippen molar-refractivity contribution in [1.29, 1.82) is 0 Å². The fraction of sp³-hybridized carbons (Fsp3) is 0.167. The van der Waals surface area contributed by atoms with Gasteiger partial charge < -0.3 is 9.72 Å². The second-order valence-electron chi connectivity index (χ2n) is 7.21. The Morgan fingerprint density at radius 1 is 1.07 bits per heavy atom. The van der Waals surface area contributed by atoms with Gasteiger partial charge in [-0.15, -0.1) is 0 Å². The Morgan fingerprint density at radius 2 is 1.90 bits per heavy atom. The molecule has 2 aromatic carbocycles. The molecule has 2 heterocycles. The molecule has 0 radical (unpaired) electrons. The summed E-state index contributed by atoms with van der Waals surface area (Å²) in [6.07, 6.45) is 6.18. The maximum Gasteiger partial charge on any atom is 0.224 e. The lowest BCUT2D eigenvalue weighted by Crippen LogP contribution is -2.11. The molecule has 0 bridgehead atoms. The number of carbonyl (C=O) groups excluding carboxylic acids is 1. The lowest BCUT2D eigenvalue weighted by Gasteiger charge is -2.07. The number of hydrogen-bond acceptors (Lipinski definition) is 2. The normalized spacial score (nSPS) is 11.0. The average molecular weight is 404 g/mol. The fourth-order valence-corrected chi connectivity index (χ4v) is 3.45. The number of rotatable bonds is 6. The first-order chi connectivity index (χ1) is 14.1. The minimum absolute atomic E-state index is 0.0155. The van der Waals surface area contributed by atoms with Crippen LogP contribution in [0.2, 0.25) is 5.02 Å². The summed E-state index contributed by atoms with van der Waals surface area (Å²) in [6, 6.07) is 19.6. The molecule has 4 rings (SSSR count). The van der Waals surface area contributed by atoms with Crippen LogP contribution in [0.4, 0.5) is 5.69 Å². The molecule has 0 saturated heterocycles. The minimum atomic E-state index is 0.0155. The van der Waals surface area contributed by atoms with E-state index in [0.29, 0.717) is 6.42 Å². The van der Waals surface area contributed by atoms with Crippen LogP contribution < -0.4 is 5.32 Å². The number of fused-ring (bicyclic) bond motifs is 1. The van der Waals surface area contributed by atoms with Crippen LogP contribution in [0.5, 0.6) is 0 Å². The van der Waals surface area contributed by atoms with Crippen LogP contribution in [0.25, 0.3) is 16.9 Å². The molecule has 5 heteroatoms. The van der Waals surface area contributed by atoms with Crippen molar-refractivity contribution in [3.63, 3.8) is 0 Å². The third-order valence-corrected chi connectivity index (χ3v) is 5.08. The third-order valence-electron chi connectivity index (χ3n) is 4.82. The summed E-state index contributed by atoms with van der Waals surface area (Å²) in [7, 11) is 0. The van der Waals surface area contributed by atoms with Crippen molar-refractivity contribution in [3.05, 3.63) is 89.2 Å². The predicted octanol–water partition coefficient (Wildman–Crippen LogP) is 5.92. The number of halogens is 1. The SMILES string of the molecule is Cc1ccc2nc(-c3cccc(NC(=O)CCCc4ccc(Cl)cc4)c3)cn2c1. The van der Waals surface area contributed by atoms with E-state index < -0.39 is 0 Å². The lowest BCUT2D eigenvalue weighted by atomic mass is 10.1. The van der Waals surface area contributed by atoms with Gasteiger partial charge in [-0.1, -0.05) is 41.9 Å². The monoisotopic (exact) mass is 403 g/mol. The number of pyridine rings is 1. The molecule has 0 spiro atoms. The van der Waals surface area contributed by atoms with Gasteiger partial charge in [-0.05, 0) is 61.2 Å². The van der Waals surface area contributed by atoms with E-state index in [1.54, 1.807) is 0 Å². The van der Waals surface area contributed by atoms with Gasteiger partial charge in [-0.25, -0.2) is 4.98 Å². The maximum atomic E-state index is 12.3. The highest BCUT2D eigenvalue weighted by atomic mass is 35.5. The predicted molar refractivity (Wildman–Crippen MR) is 118 cm³/mol. The molecule has 0 aliphatic rings. The second-order valence-corrected chi connectivity index (χ2v) is 7.64. The number of hydrogen-bond donors (Lipinski definition) is 1. The zero-order chi connectivity index (χ0) is 20.2. The third kappa shape index (κ3) is 4.84. The van der Waals surface area contributed by atoms with Crippen LogP contribution in [0, 0.1) is 6.92 Å². The van der Waals surface area contributed by atoms with Crippen molar-refractivity contribution < 1.29 is 4.79 Å². The van der Waals surface area contributed by atoms with Gasteiger partial charge in [0.05, 0.1) is 5.69 Å². The van der Waals surface area contributed by atoms with Gasteiger partial charge in [0.15, 0.2) is 0 Å². The van der Waals surface area contributed by atoms with Gasteiger partial charge in [0.25, 0.3) is 0 Å². The van der Waals surface area contributed by atoms with Crippen LogP contribution >= 0.6 is 11.6 Å². The molecular weight excluding hydrogens is 382 g/mol. The van der Waals surface area contributed by atoms with E-state index in [1.165, 1.54) is 11.1 Å². The molecule has 0 fully saturated rings. The number of anilines is 1. The van der Waals surface area contributed by atoms with E-state index >= 15 is 0 Å². The van der Waals surface area contributed by atoms with E-state index in [-0.39, 0.29) is 5.91 Å². The van der Waals surface area contributed by atoms with Crippen molar-refractivity contribution >= 4 is 28.8 Å². The number of imidazole rings is 1. The van der Waals surface area contributed by atoms with E-state index in [0.717, 1.165) is 40.5 Å². The Hall–Kier alpha value is -3.11. The smallest absolute Gasteiger partial charge is 0.224 e. The topological polar surface area (TPSA) is 46.4 Å². The van der Waals surface area contributed by atoms with Crippen LogP contribution in [0.1, 0.15) is 24.0 Å². The molecule has 29 heavy (non-hydrogen) atoms. The molecule has 2 aromatic heterocycles. The Kier molecular flexibility index (Phi) is 5.63. The Balaban J connectivity index is 1.38. The quantitative estimate of drug-likeness (QED) is 0.434. The van der Waals surface area contributed by atoms with Crippen molar-refractivity contribution in [2.45, 2.75) is 26.2 Å². The number of amides is 1. The first kappa shape index (κ1) is 19.2. The summed E-state index contributed by atoms with van der Waals surface area (Å²) >= 11 is 5.90. The number of aryl methyl sites for hydroxylation is 2. The Morgan fingerprint density at radius 3 is 2.72 bits per heavy atom. The first-order valence-corrected chi connectivity index (χ1v) is 10.0. The highest BCUT2D eigenvalue weighted by molar-refractivity contribution is 6.30. The molecule has 4 nitrogen and oxygen atoms in total. The van der Waals surface area contributed by atoms with Gasteiger partial charge >= 0.3 is 0 Å². The molecule has 0 unspecified atom stereocenters. The molecule has 0 atom stereocenters. The zero-order valence-electron chi connectivity index (χ0n) is 16.2. The molecule has 1 amide bonds. The van der Waals surface area contributed by atoms with Crippen LogP contribution in [-0.2, 0) is 11.2 Å². The molecule has 0 aliphatic heterocycles. The summed E-state index contributed by atoms with van der Waals surface area (Å²) in [4.78, 5) is 17.0. The number of aromatic nitrogens is 2. The van der Waals surface area contributed by atoms with Crippen molar-refractivity contribution in [2.24, 2.45) is 0 Å². The number of carbonyl (C=O) groups is 1. The highest BCUT2D eigenvalue weighted by Crippen LogP contribution is 2.23.